The number of fused-ring (bicyclic) bond motifs is 1. The number of benzene rings is 3. The molecule has 268 valence electrons. The summed E-state index contributed by atoms with van der Waals surface area (Å²) >= 11 is 0. The number of aromatic carboxylic acids is 1. The molecule has 5 aromatic rings. The van der Waals surface area contributed by atoms with Crippen LogP contribution in [0.1, 0.15) is 85.0 Å². The molecule has 51 heavy (non-hydrogen) atoms. The molecular weight excluding hydrogens is 666 g/mol. The first kappa shape index (κ1) is 35.7. The zero-order chi connectivity index (χ0) is 36.8. The zero-order valence-corrected chi connectivity index (χ0v) is 28.9. The molecule has 0 amide bonds. The van der Waals surface area contributed by atoms with Gasteiger partial charge in [0.2, 0.25) is 5.43 Å². The third-order valence-corrected chi connectivity index (χ3v) is 9.33. The summed E-state index contributed by atoms with van der Waals surface area (Å²) in [5.41, 5.74) is 0.522. The number of hydrogen-bond acceptors (Lipinski definition) is 7. The number of pyridine rings is 1. The van der Waals surface area contributed by atoms with Gasteiger partial charge in [0.15, 0.2) is 5.82 Å². The molecule has 0 bridgehead atoms. The van der Waals surface area contributed by atoms with Crippen molar-refractivity contribution in [1.29, 1.82) is 0 Å². The number of rotatable bonds is 8. The largest absolute Gasteiger partial charge is 0.477 e. The van der Waals surface area contributed by atoms with Gasteiger partial charge < -0.3 is 14.6 Å². The maximum absolute atomic E-state index is 15.9. The first-order chi connectivity index (χ1) is 24.0. The van der Waals surface area contributed by atoms with Gasteiger partial charge >= 0.3 is 12.1 Å². The maximum atomic E-state index is 15.9. The maximum Gasteiger partial charge on any atom is 0.416 e. The molecule has 3 heterocycles. The highest BCUT2D eigenvalue weighted by Gasteiger charge is 2.34. The van der Waals surface area contributed by atoms with Gasteiger partial charge in [-0.1, -0.05) is 50.2 Å². The van der Waals surface area contributed by atoms with Gasteiger partial charge in [0.05, 0.1) is 28.3 Å². The normalized spacial score (nSPS) is 15.1. The van der Waals surface area contributed by atoms with E-state index in [2.05, 4.69) is 58.5 Å². The summed E-state index contributed by atoms with van der Waals surface area (Å²) in [5.74, 6) is -1.13. The highest BCUT2D eigenvalue weighted by molar-refractivity contribution is 5.93. The smallest absolute Gasteiger partial charge is 0.416 e. The van der Waals surface area contributed by atoms with Crippen LogP contribution in [-0.4, -0.2) is 66.9 Å². The minimum Gasteiger partial charge on any atom is -0.477 e. The Morgan fingerprint density at radius 3 is 2.12 bits per heavy atom. The van der Waals surface area contributed by atoms with Crippen LogP contribution in [0.25, 0.3) is 10.9 Å². The van der Waals surface area contributed by atoms with Crippen LogP contribution in [0.15, 0.2) is 71.7 Å². The van der Waals surface area contributed by atoms with Crippen LogP contribution in [-0.2, 0) is 18.3 Å². The van der Waals surface area contributed by atoms with Gasteiger partial charge in [0.1, 0.15) is 11.4 Å². The molecule has 1 aliphatic rings. The summed E-state index contributed by atoms with van der Waals surface area (Å²) in [5, 5.41) is 22.4. The van der Waals surface area contributed by atoms with Crippen molar-refractivity contribution in [2.75, 3.05) is 31.1 Å². The second-order valence-electron chi connectivity index (χ2n) is 14.2. The second-order valence-corrected chi connectivity index (χ2v) is 14.2. The predicted octanol–water partition coefficient (Wildman–Crippen LogP) is 6.68. The lowest BCUT2D eigenvalue weighted by atomic mass is 9.97. The van der Waals surface area contributed by atoms with Crippen LogP contribution in [0.5, 0.6) is 0 Å². The van der Waals surface area contributed by atoms with E-state index in [9.17, 15) is 27.9 Å². The van der Waals surface area contributed by atoms with Crippen molar-refractivity contribution in [2.45, 2.75) is 64.8 Å². The van der Waals surface area contributed by atoms with Crippen molar-refractivity contribution in [3.8, 4) is 0 Å². The van der Waals surface area contributed by atoms with E-state index in [0.717, 1.165) is 30.0 Å². The summed E-state index contributed by atoms with van der Waals surface area (Å²) in [4.78, 5) is 29.3. The van der Waals surface area contributed by atoms with Crippen molar-refractivity contribution in [3.05, 3.63) is 117 Å². The van der Waals surface area contributed by atoms with Crippen molar-refractivity contribution >= 4 is 22.6 Å². The molecular formula is C37H39F4N7O3. The monoisotopic (exact) mass is 705 g/mol. The highest BCUT2D eigenvalue weighted by Crippen LogP contribution is 2.34. The summed E-state index contributed by atoms with van der Waals surface area (Å²) in [6.45, 7) is 12.2. The molecule has 1 saturated heterocycles. The summed E-state index contributed by atoms with van der Waals surface area (Å²) < 4.78 is 58.7. The van der Waals surface area contributed by atoms with E-state index in [1.165, 1.54) is 28.3 Å². The number of nitrogens with zero attached hydrogens (tertiary/aromatic N) is 7. The summed E-state index contributed by atoms with van der Waals surface area (Å²) in [6, 6.07) is 15.1. The Morgan fingerprint density at radius 1 is 0.922 bits per heavy atom. The van der Waals surface area contributed by atoms with Crippen molar-refractivity contribution in [3.63, 3.8) is 0 Å². The summed E-state index contributed by atoms with van der Waals surface area (Å²) in [7, 11) is 0. The lowest BCUT2D eigenvalue weighted by Gasteiger charge is -2.40. The number of carboxylic acids is 1. The Bertz CT molecular complexity index is 2110. The molecule has 1 aliphatic heterocycles. The number of carbonyl (C=O) groups is 1. The zero-order valence-electron chi connectivity index (χ0n) is 28.9. The minimum atomic E-state index is -4.52. The number of tetrazole rings is 1. The van der Waals surface area contributed by atoms with E-state index in [1.54, 1.807) is 0 Å². The average Bonchev–Trinajstić information content (AvgIpc) is 3.57. The number of hydrogen-bond donors (Lipinski definition) is 1. The van der Waals surface area contributed by atoms with Gasteiger partial charge in [-0.15, -0.1) is 5.10 Å². The molecule has 0 radical (unpaired) electrons. The molecule has 6 rings (SSSR count). The molecule has 0 aliphatic carbocycles. The fraction of sp³-hybridized carbons (Fsp3) is 0.378. The molecule has 0 spiro atoms. The highest BCUT2D eigenvalue weighted by atomic mass is 19.4. The van der Waals surface area contributed by atoms with Crippen LogP contribution in [0.4, 0.5) is 23.2 Å². The van der Waals surface area contributed by atoms with Crippen molar-refractivity contribution in [1.82, 2.24) is 29.7 Å². The van der Waals surface area contributed by atoms with Crippen molar-refractivity contribution in [2.24, 2.45) is 0 Å². The molecule has 1 atom stereocenters. The van der Waals surface area contributed by atoms with Gasteiger partial charge in [0, 0.05) is 44.3 Å². The topological polar surface area (TPSA) is 109 Å². The van der Waals surface area contributed by atoms with Crippen LogP contribution >= 0.6 is 0 Å². The van der Waals surface area contributed by atoms with Crippen LogP contribution in [0.3, 0.4) is 0 Å². The molecule has 1 unspecified atom stereocenters. The van der Waals surface area contributed by atoms with E-state index < -0.39 is 34.5 Å². The van der Waals surface area contributed by atoms with E-state index in [0.29, 0.717) is 43.5 Å². The lowest BCUT2D eigenvalue weighted by Crippen LogP contribution is -2.49. The van der Waals surface area contributed by atoms with Gasteiger partial charge in [0.25, 0.3) is 0 Å². The lowest BCUT2D eigenvalue weighted by molar-refractivity contribution is -0.137. The minimum absolute atomic E-state index is 0.0478. The van der Waals surface area contributed by atoms with Gasteiger partial charge in [-0.2, -0.15) is 13.2 Å². The molecule has 1 fully saturated rings. The first-order valence-electron chi connectivity index (χ1n) is 16.7. The predicted molar refractivity (Wildman–Crippen MR) is 185 cm³/mol. The molecule has 3 aromatic carbocycles. The standard InChI is InChI=1S/C37H39F4N7O3/c1-22(2)24-8-10-25(11-9-24)32(34-42-43-44-48(34)36(3,4)5)46-16-14-45(15-17-46)31-19-30-27(18-29(31)38)33(49)28(35(50)51)21-47(30)20-23-6-12-26(13-7-23)37(39,40)41/h6-13,18-19,21-22,32H,14-17,20H2,1-5H3,(H,50,51). The Morgan fingerprint density at radius 2 is 1.55 bits per heavy atom. The average molecular weight is 706 g/mol. The van der Waals surface area contributed by atoms with E-state index >= 15 is 4.39 Å². The number of anilines is 1. The SMILES string of the molecule is CC(C)c1ccc(C(c2nnnn2C(C)(C)C)N2CCN(c3cc4c(cc3F)c(=O)c(C(=O)O)cn4Cc3ccc(C(F)(F)F)cc3)CC2)cc1. The van der Waals surface area contributed by atoms with Crippen LogP contribution in [0, 0.1) is 5.82 Å². The molecule has 0 saturated carbocycles. The molecule has 2 aromatic heterocycles. The fourth-order valence-corrected chi connectivity index (χ4v) is 6.57. The number of alkyl halides is 3. The van der Waals surface area contributed by atoms with Gasteiger partial charge in [-0.05, 0) is 78.1 Å². The summed E-state index contributed by atoms with van der Waals surface area (Å²) in [6.07, 6.45) is -3.37. The third kappa shape index (κ3) is 7.23. The fourth-order valence-electron chi connectivity index (χ4n) is 6.57. The van der Waals surface area contributed by atoms with Crippen molar-refractivity contribution < 1.29 is 27.5 Å². The van der Waals surface area contributed by atoms with E-state index in [1.807, 2.05) is 30.4 Å². The second kappa shape index (κ2) is 13.5. The number of carboxylic acid groups (broad SMARTS) is 1. The molecule has 1 N–H and O–H groups in total. The first-order valence-corrected chi connectivity index (χ1v) is 16.7. The number of aromatic nitrogens is 5. The van der Waals surface area contributed by atoms with Gasteiger partial charge in [-0.3, -0.25) is 9.69 Å². The quantitative estimate of drug-likeness (QED) is 0.178. The molecule has 10 nitrogen and oxygen atoms in total. The Labute approximate surface area is 291 Å². The Kier molecular flexibility index (Phi) is 9.49. The number of piperazine rings is 1. The van der Waals surface area contributed by atoms with Crippen LogP contribution < -0.4 is 10.3 Å². The van der Waals surface area contributed by atoms with Crippen LogP contribution in [0.2, 0.25) is 0 Å². The van der Waals surface area contributed by atoms with Gasteiger partial charge in [-0.25, -0.2) is 13.9 Å². The van der Waals surface area contributed by atoms with E-state index in [-0.39, 0.29) is 34.7 Å². The Balaban J connectivity index is 1.34. The third-order valence-electron chi connectivity index (χ3n) is 9.33. The van der Waals surface area contributed by atoms with E-state index in [4.69, 9.17) is 0 Å². The molecule has 14 heteroatoms. The Hall–Kier alpha value is -5.11. The number of halogens is 4.